The number of rotatable bonds is 6. The first-order valence-electron chi connectivity index (χ1n) is 12.2. The zero-order valence-electron chi connectivity index (χ0n) is 19.7. The molecule has 5 rings (SSSR count). The molecule has 35 heavy (non-hydrogen) atoms. The van der Waals surface area contributed by atoms with E-state index in [4.69, 9.17) is 4.74 Å². The summed E-state index contributed by atoms with van der Waals surface area (Å²) in [6.07, 6.45) is 3.79. The van der Waals surface area contributed by atoms with Crippen LogP contribution in [0, 0.1) is 0 Å². The Balaban J connectivity index is 1.13. The maximum Gasteiger partial charge on any atom is 0.243 e. The third-order valence-electron chi connectivity index (χ3n) is 6.62. The molecule has 3 heterocycles. The Kier molecular flexibility index (Phi) is 7.04. The van der Waals surface area contributed by atoms with Crippen molar-refractivity contribution in [1.82, 2.24) is 15.2 Å². The van der Waals surface area contributed by atoms with E-state index in [1.54, 1.807) is 17.2 Å². The molecular weight excluding hydrogens is 440 g/mol. The lowest BCUT2D eigenvalue weighted by molar-refractivity contribution is -0.126. The maximum absolute atomic E-state index is 13.2. The molecule has 7 heteroatoms. The molecule has 0 bridgehead atoms. The fraction of sp³-hybridized carbons (Fsp3) is 0.321. The lowest BCUT2D eigenvalue weighted by Crippen LogP contribution is -2.44. The number of pyridine rings is 1. The molecule has 2 aromatic carbocycles. The summed E-state index contributed by atoms with van der Waals surface area (Å²) >= 11 is 0. The number of nitrogens with zero attached hydrogens (tertiary/aromatic N) is 3. The second kappa shape index (κ2) is 10.7. The van der Waals surface area contributed by atoms with Gasteiger partial charge in [0.15, 0.2) is 0 Å². The normalized spacial score (nSPS) is 15.9. The minimum atomic E-state index is -0.118. The zero-order valence-corrected chi connectivity index (χ0v) is 19.7. The molecule has 2 aliphatic heterocycles. The van der Waals surface area contributed by atoms with Crippen LogP contribution in [0.3, 0.4) is 0 Å². The maximum atomic E-state index is 13.2. The van der Waals surface area contributed by atoms with E-state index in [9.17, 15) is 9.59 Å². The second-order valence-corrected chi connectivity index (χ2v) is 9.12. The molecule has 0 atom stereocenters. The monoisotopic (exact) mass is 470 g/mol. The van der Waals surface area contributed by atoms with Crippen molar-refractivity contribution in [2.45, 2.75) is 44.8 Å². The highest BCUT2D eigenvalue weighted by Crippen LogP contribution is 2.37. The molecule has 0 unspecified atom stereocenters. The summed E-state index contributed by atoms with van der Waals surface area (Å²) in [5.41, 5.74) is 2.84. The number of amides is 2. The van der Waals surface area contributed by atoms with E-state index in [0.29, 0.717) is 23.9 Å². The van der Waals surface area contributed by atoms with Crippen LogP contribution < -0.4 is 15.0 Å². The van der Waals surface area contributed by atoms with Crippen molar-refractivity contribution in [3.63, 3.8) is 0 Å². The van der Waals surface area contributed by atoms with E-state index in [1.807, 2.05) is 36.4 Å². The molecule has 0 aliphatic carbocycles. The predicted molar refractivity (Wildman–Crippen MR) is 134 cm³/mol. The van der Waals surface area contributed by atoms with Crippen LogP contribution >= 0.6 is 0 Å². The summed E-state index contributed by atoms with van der Waals surface area (Å²) in [6.45, 7) is 3.23. The summed E-state index contributed by atoms with van der Waals surface area (Å²) in [6, 6.07) is 21.9. The van der Waals surface area contributed by atoms with E-state index in [1.165, 1.54) is 5.56 Å². The number of likely N-dealkylation sites (tertiary alicyclic amines) is 1. The Hall–Kier alpha value is -3.71. The number of hydrogen-bond acceptors (Lipinski definition) is 5. The van der Waals surface area contributed by atoms with Gasteiger partial charge in [0, 0.05) is 50.3 Å². The summed E-state index contributed by atoms with van der Waals surface area (Å²) in [4.78, 5) is 34.3. The van der Waals surface area contributed by atoms with E-state index in [2.05, 4.69) is 39.5 Å². The largest absolute Gasteiger partial charge is 0.437 e. The number of para-hydroxylation sites is 1. The van der Waals surface area contributed by atoms with Gasteiger partial charge in [-0.15, -0.1) is 0 Å². The first kappa shape index (κ1) is 23.1. The molecule has 1 aromatic heterocycles. The van der Waals surface area contributed by atoms with E-state index >= 15 is 0 Å². The molecule has 180 valence electrons. The van der Waals surface area contributed by atoms with Gasteiger partial charge < -0.3 is 15.0 Å². The van der Waals surface area contributed by atoms with Crippen LogP contribution in [0.1, 0.15) is 36.8 Å². The molecule has 2 amide bonds. The molecule has 1 fully saturated rings. The van der Waals surface area contributed by atoms with Crippen LogP contribution in [-0.4, -0.2) is 40.8 Å². The number of benzene rings is 2. The number of piperidine rings is 1. The highest BCUT2D eigenvalue weighted by Gasteiger charge is 2.27. The van der Waals surface area contributed by atoms with Crippen molar-refractivity contribution >= 4 is 17.5 Å². The van der Waals surface area contributed by atoms with Crippen LogP contribution in [0.25, 0.3) is 0 Å². The quantitative estimate of drug-likeness (QED) is 0.582. The van der Waals surface area contributed by atoms with Crippen molar-refractivity contribution in [2.24, 2.45) is 0 Å². The fourth-order valence-corrected chi connectivity index (χ4v) is 4.71. The summed E-state index contributed by atoms with van der Waals surface area (Å²) < 4.78 is 5.97. The third-order valence-corrected chi connectivity index (χ3v) is 6.62. The molecule has 1 saturated heterocycles. The van der Waals surface area contributed by atoms with E-state index in [-0.39, 0.29) is 30.7 Å². The highest BCUT2D eigenvalue weighted by molar-refractivity contribution is 5.96. The van der Waals surface area contributed by atoms with Gasteiger partial charge in [0.1, 0.15) is 11.4 Å². The molecule has 2 aliphatic rings. The predicted octanol–water partition coefficient (Wildman–Crippen LogP) is 4.28. The van der Waals surface area contributed by atoms with Gasteiger partial charge in [0.25, 0.3) is 0 Å². The third kappa shape index (κ3) is 5.69. The fourth-order valence-electron chi connectivity index (χ4n) is 4.71. The molecule has 3 aromatic rings. The number of nitrogens with one attached hydrogen (secondary N) is 1. The number of hydrogen-bond donors (Lipinski definition) is 1. The van der Waals surface area contributed by atoms with Crippen molar-refractivity contribution in [3.8, 4) is 11.6 Å². The second-order valence-electron chi connectivity index (χ2n) is 9.12. The van der Waals surface area contributed by atoms with Crippen LogP contribution in [-0.2, 0) is 22.7 Å². The van der Waals surface area contributed by atoms with Crippen molar-refractivity contribution in [3.05, 3.63) is 84.1 Å². The minimum absolute atomic E-state index is 0.0715. The highest BCUT2D eigenvalue weighted by atomic mass is 16.5. The number of carbonyl (C=O) groups is 2. The number of anilines is 1. The molecule has 0 saturated carbocycles. The van der Waals surface area contributed by atoms with Gasteiger partial charge in [0.05, 0.1) is 6.54 Å². The zero-order chi connectivity index (χ0) is 24.0. The van der Waals surface area contributed by atoms with Gasteiger partial charge in [-0.2, -0.15) is 0 Å². The minimum Gasteiger partial charge on any atom is -0.437 e. The first-order chi connectivity index (χ1) is 17.2. The van der Waals surface area contributed by atoms with Crippen molar-refractivity contribution < 1.29 is 14.3 Å². The first-order valence-corrected chi connectivity index (χ1v) is 12.2. The van der Waals surface area contributed by atoms with Gasteiger partial charge >= 0.3 is 0 Å². The van der Waals surface area contributed by atoms with Gasteiger partial charge in [0.2, 0.25) is 17.7 Å². The Labute approximate surface area is 205 Å². The smallest absolute Gasteiger partial charge is 0.243 e. The molecule has 0 spiro atoms. The van der Waals surface area contributed by atoms with Crippen LogP contribution in [0.15, 0.2) is 72.9 Å². The standard InChI is InChI=1S/C28H30N4O3/c33-26(30-23-14-17-31(18-15-23)19-21-7-2-1-3-8-21)12-13-27(34)32-20-22-9-4-5-11-25(22)35-28-24(32)10-6-16-29-28/h1-11,16,23H,12-15,17-20H2,(H,30,33). The number of aromatic nitrogens is 1. The van der Waals surface area contributed by atoms with E-state index < -0.39 is 0 Å². The van der Waals surface area contributed by atoms with Crippen molar-refractivity contribution in [1.29, 1.82) is 0 Å². The Morgan fingerprint density at radius 2 is 1.71 bits per heavy atom. The summed E-state index contributed by atoms with van der Waals surface area (Å²) in [5.74, 6) is 0.904. The Morgan fingerprint density at radius 3 is 2.54 bits per heavy atom. The average molecular weight is 471 g/mol. The number of carbonyl (C=O) groups excluding carboxylic acids is 2. The van der Waals surface area contributed by atoms with Gasteiger partial charge in [-0.05, 0) is 36.6 Å². The SMILES string of the molecule is O=C(CCC(=O)N1Cc2ccccc2Oc2ncccc21)NC1CCN(Cc2ccccc2)CC1. The Morgan fingerprint density at radius 1 is 0.943 bits per heavy atom. The lowest BCUT2D eigenvalue weighted by atomic mass is 10.0. The summed E-state index contributed by atoms with van der Waals surface area (Å²) in [5, 5.41) is 3.14. The van der Waals surface area contributed by atoms with Gasteiger partial charge in [-0.1, -0.05) is 48.5 Å². The van der Waals surface area contributed by atoms with Crippen LogP contribution in [0.4, 0.5) is 5.69 Å². The molecule has 1 N–H and O–H groups in total. The number of fused-ring (bicyclic) bond motifs is 2. The van der Waals surface area contributed by atoms with Crippen LogP contribution in [0.2, 0.25) is 0 Å². The van der Waals surface area contributed by atoms with Crippen molar-refractivity contribution in [2.75, 3.05) is 18.0 Å². The average Bonchev–Trinajstić information content (AvgIpc) is 3.06. The number of ether oxygens (including phenoxy) is 1. The molecular formula is C28H30N4O3. The summed E-state index contributed by atoms with van der Waals surface area (Å²) in [7, 11) is 0. The Bertz CT molecular complexity index is 1180. The van der Waals surface area contributed by atoms with Gasteiger partial charge in [-0.25, -0.2) is 4.98 Å². The lowest BCUT2D eigenvalue weighted by Gasteiger charge is -2.32. The molecule has 0 radical (unpaired) electrons. The van der Waals surface area contributed by atoms with Gasteiger partial charge in [-0.3, -0.25) is 14.5 Å². The molecule has 7 nitrogen and oxygen atoms in total. The topological polar surface area (TPSA) is 74.8 Å². The van der Waals surface area contributed by atoms with E-state index in [0.717, 1.165) is 38.0 Å². The van der Waals surface area contributed by atoms with Crippen LogP contribution in [0.5, 0.6) is 11.6 Å².